The van der Waals surface area contributed by atoms with E-state index in [1.807, 2.05) is 0 Å². The Balaban J connectivity index is 1.48. The Kier molecular flexibility index (Phi) is 10.9. The fourth-order valence-electron chi connectivity index (χ4n) is 4.50. The zero-order chi connectivity index (χ0) is 34.5. The Hall–Kier alpha value is -4.88. The summed E-state index contributed by atoms with van der Waals surface area (Å²) < 4.78 is 1.64. The van der Waals surface area contributed by atoms with Crippen molar-refractivity contribution in [1.29, 1.82) is 0 Å². The Labute approximate surface area is 276 Å². The van der Waals surface area contributed by atoms with Crippen molar-refractivity contribution in [2.45, 2.75) is 50.6 Å². The van der Waals surface area contributed by atoms with Crippen molar-refractivity contribution in [3.8, 4) is 0 Å². The van der Waals surface area contributed by atoms with Crippen LogP contribution in [0.15, 0.2) is 46.5 Å². The van der Waals surface area contributed by atoms with E-state index >= 15 is 0 Å². The highest BCUT2D eigenvalue weighted by Gasteiger charge is 2.54. The van der Waals surface area contributed by atoms with Crippen LogP contribution >= 0.6 is 23.1 Å². The minimum absolute atomic E-state index is 0.0624. The number of thiazole rings is 1. The third-order valence-corrected chi connectivity index (χ3v) is 9.09. The quantitative estimate of drug-likeness (QED) is 0.0637. The molecule has 47 heavy (non-hydrogen) atoms. The number of anilines is 3. The number of fused-ring (bicyclic) bond motifs is 1. The smallest absolute Gasteiger partial charge is 0.352 e. The Morgan fingerprint density at radius 3 is 2.66 bits per heavy atom. The molecule has 1 saturated heterocycles. The van der Waals surface area contributed by atoms with Crippen molar-refractivity contribution in [2.75, 3.05) is 29.1 Å². The Morgan fingerprint density at radius 2 is 2.02 bits per heavy atom. The number of ketones is 1. The molecule has 9 N–H and O–H groups in total. The number of allylic oxidation sites excluding steroid dienone is 2. The second-order valence-electron chi connectivity index (χ2n) is 11.0. The highest BCUT2D eigenvalue weighted by Crippen LogP contribution is 2.45. The first-order valence-electron chi connectivity index (χ1n) is 14.2. The first-order chi connectivity index (χ1) is 22.2. The van der Waals surface area contributed by atoms with Gasteiger partial charge in [0.2, 0.25) is 17.4 Å². The molecular formula is C28H34N9O8S2+. The lowest BCUT2D eigenvalue weighted by Crippen LogP contribution is -2.62. The van der Waals surface area contributed by atoms with Crippen molar-refractivity contribution in [3.05, 3.63) is 47.0 Å². The number of nitrogens with zero attached hydrogens (tertiary/aromatic N) is 5. The second kappa shape index (κ2) is 14.7. The van der Waals surface area contributed by atoms with E-state index in [4.69, 9.17) is 22.0 Å². The molecule has 17 nitrogen and oxygen atoms in total. The summed E-state index contributed by atoms with van der Waals surface area (Å²) in [6.07, 6.45) is 6.74. The molecule has 0 aliphatic carbocycles. The fraction of sp³-hybridized carbons (Fsp3) is 0.393. The number of aliphatic carboxylic acids is 2. The maximum atomic E-state index is 13.4. The van der Waals surface area contributed by atoms with E-state index in [1.165, 1.54) is 37.3 Å². The van der Waals surface area contributed by atoms with Gasteiger partial charge < -0.3 is 37.6 Å². The van der Waals surface area contributed by atoms with Crippen LogP contribution in [0.25, 0.3) is 0 Å². The number of β-lactam (4-membered cyclic amide) rings is 1. The van der Waals surface area contributed by atoms with E-state index < -0.39 is 40.5 Å². The number of Topliss-reactive ketones (excluding diaryl/α,β-unsaturated/α-hetero) is 1. The number of oxime groups is 1. The van der Waals surface area contributed by atoms with Crippen molar-refractivity contribution in [1.82, 2.24) is 14.9 Å². The average Bonchev–Trinajstić information content (AvgIpc) is 3.45. The third kappa shape index (κ3) is 8.10. The summed E-state index contributed by atoms with van der Waals surface area (Å²) in [5, 5.41) is 26.8. The number of aromatic nitrogens is 3. The zero-order valence-corrected chi connectivity index (χ0v) is 27.0. The lowest BCUT2D eigenvalue weighted by molar-refractivity contribution is -0.689. The van der Waals surface area contributed by atoms with Crippen LogP contribution in [0.1, 0.15) is 38.8 Å². The predicted octanol–water partition coefficient (Wildman–Crippen LogP) is 0.337. The van der Waals surface area contributed by atoms with Gasteiger partial charge in [-0.15, -0.1) is 23.1 Å². The summed E-state index contributed by atoms with van der Waals surface area (Å²) in [6, 6.07) is 0. The maximum Gasteiger partial charge on any atom is 0.352 e. The van der Waals surface area contributed by atoms with Gasteiger partial charge in [-0.2, -0.15) is 0 Å². The number of amides is 2. The van der Waals surface area contributed by atoms with E-state index in [2.05, 4.69) is 20.4 Å². The number of rotatable bonds is 15. The monoisotopic (exact) mass is 688 g/mol. The molecule has 2 aliphatic heterocycles. The van der Waals surface area contributed by atoms with E-state index in [9.17, 15) is 34.2 Å². The van der Waals surface area contributed by atoms with Gasteiger partial charge in [-0.05, 0) is 43.4 Å². The molecule has 0 saturated carbocycles. The molecule has 250 valence electrons. The Bertz CT molecular complexity index is 1690. The zero-order valence-electron chi connectivity index (χ0n) is 25.4. The number of hydrogen-bond acceptors (Lipinski definition) is 14. The lowest BCUT2D eigenvalue weighted by atomic mass is 9.89. The molecule has 4 rings (SSSR count). The molecule has 2 atom stereocenters. The molecule has 0 radical (unpaired) electrons. The summed E-state index contributed by atoms with van der Waals surface area (Å²) in [6.45, 7) is 3.13. The van der Waals surface area contributed by atoms with Crippen molar-refractivity contribution in [3.63, 3.8) is 0 Å². The number of nitrogens with one attached hydrogen (secondary N) is 1. The minimum Gasteiger partial charge on any atom is -0.478 e. The first kappa shape index (κ1) is 35.0. The highest BCUT2D eigenvalue weighted by molar-refractivity contribution is 8.00. The van der Waals surface area contributed by atoms with Crippen LogP contribution in [0, 0.1) is 5.92 Å². The van der Waals surface area contributed by atoms with Crippen LogP contribution < -0.4 is 27.1 Å². The van der Waals surface area contributed by atoms with Crippen LogP contribution in [0.3, 0.4) is 0 Å². The van der Waals surface area contributed by atoms with Gasteiger partial charge in [0.25, 0.3) is 12.1 Å². The summed E-state index contributed by atoms with van der Waals surface area (Å²) in [5.41, 5.74) is 15.6. The van der Waals surface area contributed by atoms with Crippen molar-refractivity contribution < 1.29 is 43.6 Å². The van der Waals surface area contributed by atoms with Gasteiger partial charge >= 0.3 is 11.9 Å². The van der Waals surface area contributed by atoms with Gasteiger partial charge in [-0.25, -0.2) is 19.1 Å². The molecule has 4 heterocycles. The highest BCUT2D eigenvalue weighted by atomic mass is 32.2. The summed E-state index contributed by atoms with van der Waals surface area (Å²) >= 11 is 2.33. The summed E-state index contributed by atoms with van der Waals surface area (Å²) in [7, 11) is 0. The molecule has 2 aliphatic rings. The van der Waals surface area contributed by atoms with E-state index in [0.717, 1.165) is 16.2 Å². The minimum atomic E-state index is -1.76. The lowest BCUT2D eigenvalue weighted by Gasteiger charge is -2.49. The molecule has 2 amide bonds. The van der Waals surface area contributed by atoms with Crippen LogP contribution in [-0.4, -0.2) is 83.6 Å². The van der Waals surface area contributed by atoms with Crippen LogP contribution in [0.2, 0.25) is 0 Å². The van der Waals surface area contributed by atoms with Crippen LogP contribution in [-0.2, 0) is 35.4 Å². The average molecular weight is 689 g/mol. The Morgan fingerprint density at radius 1 is 1.28 bits per heavy atom. The molecule has 0 spiro atoms. The molecule has 0 bridgehead atoms. The largest absolute Gasteiger partial charge is 0.478 e. The number of thioether (sulfide) groups is 1. The van der Waals surface area contributed by atoms with Crippen LogP contribution in [0.5, 0.6) is 0 Å². The number of nitrogen functional groups attached to an aromatic ring is 2. The van der Waals surface area contributed by atoms with Gasteiger partial charge in [-0.1, -0.05) is 11.2 Å². The van der Waals surface area contributed by atoms with Gasteiger partial charge in [0.15, 0.2) is 22.3 Å². The standard InChI is InChI=1S/C28H33N9O8S2/c1-28(2,26(43)44)45-35-20(17-12-47-27(31)34-17)18(38)9-15-23(40)37-21(25(41)42)14(11-46-24(15)37)5-4-8-36-10-16(22(30)32-13-36)33-19(39)6-3-7-29/h4-5,10,12-13,15,24,30H,3,6-9,11,29H2,1-2H3,(H5,31,33,34,39,41,42,43,44)/p+1/b5-4+,35-20-/t15-,24?/m1/s1. The number of nitrogens with two attached hydrogens (primary N) is 3. The topological polar surface area (TPSA) is 270 Å². The molecule has 0 aromatic carbocycles. The third-order valence-electron chi connectivity index (χ3n) is 7.06. The molecule has 1 unspecified atom stereocenters. The summed E-state index contributed by atoms with van der Waals surface area (Å²) in [4.78, 5) is 76.9. The van der Waals surface area contributed by atoms with E-state index in [1.54, 1.807) is 22.9 Å². The number of carbonyl (C=O) groups is 5. The van der Waals surface area contributed by atoms with Gasteiger partial charge in [-0.3, -0.25) is 19.3 Å². The summed E-state index contributed by atoms with van der Waals surface area (Å²) in [5.74, 6) is -4.58. The van der Waals surface area contributed by atoms with Crippen molar-refractivity contribution >= 4 is 75.0 Å². The fourth-order valence-corrected chi connectivity index (χ4v) is 6.43. The SMILES string of the molecule is CC(C)(O/N=C(\C(=O)C[C@@H]1C(=O)N2C(C(=O)O)=C(/C=C/C[n+]3cnc(N)c(NC(=O)CCCN)c3)CSC12)c1csc(N)n1)C(=O)O. The molecule has 1 fully saturated rings. The van der Waals surface area contributed by atoms with E-state index in [-0.39, 0.29) is 59.1 Å². The molecular weight excluding hydrogens is 654 g/mol. The maximum absolute atomic E-state index is 13.4. The molecule has 2 aromatic heterocycles. The van der Waals surface area contributed by atoms with Gasteiger partial charge in [0, 0.05) is 24.0 Å². The van der Waals surface area contributed by atoms with Gasteiger partial charge in [0.1, 0.15) is 24.1 Å². The molecule has 19 heteroatoms. The molecule has 2 aromatic rings. The second-order valence-corrected chi connectivity index (χ2v) is 12.9. The van der Waals surface area contributed by atoms with Gasteiger partial charge in [0.05, 0.1) is 11.3 Å². The number of carbonyl (C=O) groups excluding carboxylic acids is 3. The predicted molar refractivity (Wildman–Crippen MR) is 172 cm³/mol. The van der Waals surface area contributed by atoms with Crippen LogP contribution in [0.4, 0.5) is 16.6 Å². The van der Waals surface area contributed by atoms with Crippen molar-refractivity contribution in [2.24, 2.45) is 16.8 Å². The number of hydrogen-bond donors (Lipinski definition) is 6. The van der Waals surface area contributed by atoms with E-state index in [0.29, 0.717) is 24.2 Å². The number of carboxylic acids is 2. The number of carboxylic acid groups (broad SMARTS) is 2. The normalized spacial score (nSPS) is 18.1. The first-order valence-corrected chi connectivity index (χ1v) is 16.1.